The summed E-state index contributed by atoms with van der Waals surface area (Å²) in [5.74, 6) is -7.02. The van der Waals surface area contributed by atoms with Crippen LogP contribution in [0.5, 0.6) is 5.75 Å². The Morgan fingerprint density at radius 1 is 1.21 bits per heavy atom. The van der Waals surface area contributed by atoms with Gasteiger partial charge in [0.1, 0.15) is 12.5 Å². The lowest BCUT2D eigenvalue weighted by Crippen LogP contribution is -2.29. The predicted octanol–water partition coefficient (Wildman–Crippen LogP) is 2.93. The summed E-state index contributed by atoms with van der Waals surface area (Å²) in [5.41, 5.74) is -0.150. The van der Waals surface area contributed by atoms with Crippen molar-refractivity contribution in [2.24, 2.45) is 0 Å². The normalized spacial score (nSPS) is 12.2. The van der Waals surface area contributed by atoms with Crippen molar-refractivity contribution in [3.63, 3.8) is 0 Å². The molecule has 0 aliphatic carbocycles. The zero-order valence-electron chi connectivity index (χ0n) is 15.5. The van der Waals surface area contributed by atoms with Gasteiger partial charge >= 0.3 is 0 Å². The monoisotopic (exact) mass is 406 g/mol. The van der Waals surface area contributed by atoms with E-state index >= 15 is 0 Å². The molecule has 9 heteroatoms. The molecule has 2 aromatic carbocycles. The summed E-state index contributed by atoms with van der Waals surface area (Å²) in [6.45, 7) is 2.17. The number of hydrogen-bond acceptors (Lipinski definition) is 4. The molecule has 0 bridgehead atoms. The number of nitrogens with one attached hydrogen (secondary N) is 1. The summed E-state index contributed by atoms with van der Waals surface area (Å²) in [6, 6.07) is 5.54. The van der Waals surface area contributed by atoms with Gasteiger partial charge < -0.3 is 15.5 Å². The molecule has 0 fully saturated rings. The van der Waals surface area contributed by atoms with Crippen molar-refractivity contribution in [2.75, 3.05) is 6.73 Å². The first kappa shape index (κ1) is 20.4. The summed E-state index contributed by atoms with van der Waals surface area (Å²) in [4.78, 5) is 25.2. The molecule has 1 aromatic heterocycles. The van der Waals surface area contributed by atoms with Crippen molar-refractivity contribution in [1.82, 2.24) is 9.88 Å². The molecule has 0 aliphatic rings. The highest BCUT2D eigenvalue weighted by Gasteiger charge is 2.30. The van der Waals surface area contributed by atoms with E-state index < -0.39 is 47.7 Å². The Balaban J connectivity index is 2.35. The number of carbonyl (C=O) groups is 2. The van der Waals surface area contributed by atoms with E-state index in [-0.39, 0.29) is 27.7 Å². The molecule has 0 saturated carbocycles. The zero-order valence-corrected chi connectivity index (χ0v) is 15.5. The van der Waals surface area contributed by atoms with E-state index in [1.807, 2.05) is 0 Å². The molecule has 1 unspecified atom stereocenters. The van der Waals surface area contributed by atoms with Gasteiger partial charge in [0.15, 0.2) is 17.4 Å². The number of hydrogen-bond donors (Lipinski definition) is 3. The quantitative estimate of drug-likeness (QED) is 0.581. The van der Waals surface area contributed by atoms with Crippen LogP contribution in [-0.4, -0.2) is 33.3 Å². The Bertz CT molecular complexity index is 1140. The maximum absolute atomic E-state index is 14.8. The van der Waals surface area contributed by atoms with E-state index in [2.05, 4.69) is 5.32 Å². The van der Waals surface area contributed by atoms with Crippen LogP contribution in [0.25, 0.3) is 10.9 Å². The Morgan fingerprint density at radius 3 is 2.52 bits per heavy atom. The average molecular weight is 406 g/mol. The Kier molecular flexibility index (Phi) is 5.34. The van der Waals surface area contributed by atoms with E-state index in [4.69, 9.17) is 5.11 Å². The van der Waals surface area contributed by atoms with Crippen molar-refractivity contribution < 1.29 is 33.0 Å². The molecule has 152 valence electrons. The number of aromatic hydroxyl groups is 1. The van der Waals surface area contributed by atoms with Gasteiger partial charge in [0.05, 0.1) is 11.4 Å². The number of carbonyl (C=O) groups excluding carboxylic acids is 2. The van der Waals surface area contributed by atoms with Crippen LogP contribution in [0.2, 0.25) is 0 Å². The first-order valence-corrected chi connectivity index (χ1v) is 8.59. The number of fused-ring (bicyclic) bond motifs is 1. The minimum Gasteiger partial charge on any atom is -0.503 e. The van der Waals surface area contributed by atoms with E-state index in [1.54, 1.807) is 0 Å². The van der Waals surface area contributed by atoms with Gasteiger partial charge in [0.2, 0.25) is 5.91 Å². The Hall–Kier alpha value is -3.33. The Labute approximate surface area is 163 Å². The first-order chi connectivity index (χ1) is 13.7. The summed E-state index contributed by atoms with van der Waals surface area (Å²) < 4.78 is 43.4. The molecule has 6 nitrogen and oxygen atoms in total. The van der Waals surface area contributed by atoms with Gasteiger partial charge in [-0.25, -0.2) is 13.2 Å². The van der Waals surface area contributed by atoms with Crippen LogP contribution < -0.4 is 5.32 Å². The topological polar surface area (TPSA) is 91.6 Å². The maximum atomic E-state index is 14.8. The molecule has 3 N–H and O–H groups in total. The smallest absolute Gasteiger partial charge is 0.262 e. The van der Waals surface area contributed by atoms with Gasteiger partial charge in [-0.1, -0.05) is 6.07 Å². The minimum absolute atomic E-state index is 0.0310. The fraction of sp³-hybridized carbons (Fsp3) is 0.200. The number of benzene rings is 2. The second kappa shape index (κ2) is 7.59. The van der Waals surface area contributed by atoms with Crippen molar-refractivity contribution in [3.8, 4) is 5.75 Å². The molecular formula is C20H17F3N2O4. The number of nitrogens with zero attached hydrogens (tertiary/aromatic N) is 1. The van der Waals surface area contributed by atoms with Crippen LogP contribution in [0, 0.1) is 24.4 Å². The van der Waals surface area contributed by atoms with Crippen LogP contribution in [0.4, 0.5) is 13.2 Å². The van der Waals surface area contributed by atoms with E-state index in [0.717, 1.165) is 22.8 Å². The number of amides is 1. The number of phenols is 1. The third kappa shape index (κ3) is 3.33. The van der Waals surface area contributed by atoms with Crippen LogP contribution in [0.3, 0.4) is 0 Å². The second-order valence-electron chi connectivity index (χ2n) is 6.49. The molecule has 0 spiro atoms. The molecule has 1 atom stereocenters. The zero-order chi connectivity index (χ0) is 21.5. The van der Waals surface area contributed by atoms with Crippen molar-refractivity contribution in [1.29, 1.82) is 0 Å². The first-order valence-electron chi connectivity index (χ1n) is 8.59. The lowest BCUT2D eigenvalue weighted by atomic mass is 9.96. The minimum atomic E-state index is -1.33. The van der Waals surface area contributed by atoms with Gasteiger partial charge in [-0.15, -0.1) is 0 Å². The summed E-state index contributed by atoms with van der Waals surface area (Å²) in [5, 5.41) is 20.5. The molecule has 29 heavy (non-hydrogen) atoms. The highest BCUT2D eigenvalue weighted by molar-refractivity contribution is 6.05. The molecular weight excluding hydrogens is 389 g/mol. The highest BCUT2D eigenvalue weighted by atomic mass is 19.1. The molecule has 1 heterocycles. The third-order valence-electron chi connectivity index (χ3n) is 4.76. The predicted molar refractivity (Wildman–Crippen MR) is 98.0 cm³/mol. The van der Waals surface area contributed by atoms with Gasteiger partial charge in [0.25, 0.3) is 5.91 Å². The average Bonchev–Trinajstić information content (AvgIpc) is 2.97. The maximum Gasteiger partial charge on any atom is 0.262 e. The molecule has 0 radical (unpaired) electrons. The van der Waals surface area contributed by atoms with Crippen molar-refractivity contribution >= 4 is 22.7 Å². The van der Waals surface area contributed by atoms with E-state index in [1.165, 1.54) is 26.0 Å². The van der Waals surface area contributed by atoms with Crippen molar-refractivity contribution in [3.05, 3.63) is 64.6 Å². The number of phenolic OH excluding ortho intramolecular Hbond substituents is 1. The summed E-state index contributed by atoms with van der Waals surface area (Å²) in [6.07, 6.45) is 0. The summed E-state index contributed by atoms with van der Waals surface area (Å²) >= 11 is 0. The fourth-order valence-electron chi connectivity index (χ4n) is 3.42. The second-order valence-corrected chi connectivity index (χ2v) is 6.49. The lowest BCUT2D eigenvalue weighted by molar-refractivity contribution is -0.123. The van der Waals surface area contributed by atoms with Crippen molar-refractivity contribution in [2.45, 2.75) is 19.8 Å². The Morgan fingerprint density at radius 2 is 1.90 bits per heavy atom. The van der Waals surface area contributed by atoms with Crippen LogP contribution >= 0.6 is 0 Å². The largest absolute Gasteiger partial charge is 0.503 e. The van der Waals surface area contributed by atoms with E-state index in [9.17, 15) is 27.9 Å². The number of aliphatic hydroxyl groups excluding tert-OH is 1. The number of aliphatic hydroxyl groups is 1. The van der Waals surface area contributed by atoms with Crippen LogP contribution in [0.1, 0.15) is 34.5 Å². The van der Waals surface area contributed by atoms with E-state index in [0.29, 0.717) is 0 Å². The fourth-order valence-corrected chi connectivity index (χ4v) is 3.42. The standard InChI is InChI=1S/C20H17F3N2O4/c1-9(19(28)24-8-26)15-10(2)25(20(29)11-4-3-5-12(21)6-11)14-7-13(22)18(27)17(23)16(14)15/h3-7,9,26-27H,8H2,1-2H3,(H,24,28). The van der Waals surface area contributed by atoms with Gasteiger partial charge in [-0.3, -0.25) is 14.2 Å². The number of rotatable bonds is 4. The number of aromatic nitrogens is 1. The van der Waals surface area contributed by atoms with Crippen LogP contribution in [0.15, 0.2) is 30.3 Å². The van der Waals surface area contributed by atoms with Gasteiger partial charge in [0, 0.05) is 22.7 Å². The SMILES string of the molecule is Cc1c(C(C)C(=O)NCO)c2c(F)c(O)c(F)cc2n1C(=O)c1cccc(F)c1. The summed E-state index contributed by atoms with van der Waals surface area (Å²) in [7, 11) is 0. The molecule has 3 rings (SSSR count). The molecule has 0 saturated heterocycles. The van der Waals surface area contributed by atoms with Gasteiger partial charge in [-0.2, -0.15) is 0 Å². The van der Waals surface area contributed by atoms with Crippen LogP contribution in [-0.2, 0) is 4.79 Å². The number of halogens is 3. The third-order valence-corrected chi connectivity index (χ3v) is 4.76. The van der Waals surface area contributed by atoms with Gasteiger partial charge in [-0.05, 0) is 37.6 Å². The lowest BCUT2D eigenvalue weighted by Gasteiger charge is -2.13. The highest BCUT2D eigenvalue weighted by Crippen LogP contribution is 2.38. The molecule has 3 aromatic rings. The molecule has 1 amide bonds. The molecule has 0 aliphatic heterocycles.